The van der Waals surface area contributed by atoms with Crippen molar-refractivity contribution < 1.29 is 9.47 Å². The molecule has 0 saturated carbocycles. The average Bonchev–Trinajstić information content (AvgIpc) is 2.54. The van der Waals surface area contributed by atoms with Crippen molar-refractivity contribution in [3.8, 4) is 11.5 Å². The van der Waals surface area contributed by atoms with Gasteiger partial charge in [0.2, 0.25) is 4.77 Å². The molecule has 140 valence electrons. The predicted molar refractivity (Wildman–Crippen MR) is 104 cm³/mol. The van der Waals surface area contributed by atoms with E-state index in [2.05, 4.69) is 15.3 Å². The molecule has 0 aliphatic heterocycles. The third-order valence-corrected chi connectivity index (χ3v) is 3.70. The number of nitrogens with one attached hydrogen (secondary N) is 1. The topological polar surface area (TPSA) is 81.5 Å². The lowest BCUT2D eigenvalue weighted by Gasteiger charge is -2.16. The van der Waals surface area contributed by atoms with Crippen LogP contribution in [0.5, 0.6) is 11.5 Å². The highest BCUT2D eigenvalue weighted by atomic mass is 32.1. The Morgan fingerprint density at radius 2 is 2.00 bits per heavy atom. The van der Waals surface area contributed by atoms with E-state index in [1.807, 2.05) is 40.7 Å². The van der Waals surface area contributed by atoms with Crippen molar-refractivity contribution in [3.63, 3.8) is 0 Å². The van der Waals surface area contributed by atoms with E-state index in [9.17, 15) is 4.79 Å². The first-order valence-corrected chi connectivity index (χ1v) is 8.65. The van der Waals surface area contributed by atoms with E-state index in [4.69, 9.17) is 21.7 Å². The lowest BCUT2D eigenvalue weighted by atomic mass is 9.93. The van der Waals surface area contributed by atoms with Gasteiger partial charge >= 0.3 is 0 Å². The Balaban J connectivity index is 2.42. The molecule has 1 aromatic heterocycles. The molecule has 0 fully saturated rings. The third kappa shape index (κ3) is 4.57. The van der Waals surface area contributed by atoms with Crippen LogP contribution < -0.4 is 15.0 Å². The Labute approximate surface area is 157 Å². The minimum absolute atomic E-state index is 0.0351. The number of rotatable bonds is 5. The van der Waals surface area contributed by atoms with Crippen LogP contribution in [0, 0.1) is 4.77 Å². The van der Waals surface area contributed by atoms with Crippen LogP contribution in [-0.4, -0.2) is 34.3 Å². The number of hydrogen-bond donors (Lipinski definition) is 1. The summed E-state index contributed by atoms with van der Waals surface area (Å²) >= 11 is 5.14. The Morgan fingerprint density at radius 1 is 1.31 bits per heavy atom. The normalized spacial score (nSPS) is 12.0. The maximum absolute atomic E-state index is 12.6. The van der Waals surface area contributed by atoms with Gasteiger partial charge in [-0.2, -0.15) is 14.9 Å². The molecule has 1 N–H and O–H groups in total. The summed E-state index contributed by atoms with van der Waals surface area (Å²) < 4.78 is 12.3. The van der Waals surface area contributed by atoms with Gasteiger partial charge in [0.1, 0.15) is 5.69 Å². The quantitative estimate of drug-likeness (QED) is 0.640. The first-order chi connectivity index (χ1) is 12.1. The summed E-state index contributed by atoms with van der Waals surface area (Å²) in [5.74, 6) is 1.23. The molecular weight excluding hydrogens is 352 g/mol. The maximum atomic E-state index is 12.6. The first kappa shape index (κ1) is 19.8. The summed E-state index contributed by atoms with van der Waals surface area (Å²) in [6, 6.07) is 5.41. The zero-order valence-electron chi connectivity index (χ0n) is 15.9. The van der Waals surface area contributed by atoms with Gasteiger partial charge in [-0.05, 0) is 49.8 Å². The molecule has 2 rings (SSSR count). The second-order valence-electron chi connectivity index (χ2n) is 7.07. The molecule has 0 unspecified atom stereocenters. The number of benzene rings is 1. The van der Waals surface area contributed by atoms with Gasteiger partial charge < -0.3 is 9.47 Å². The van der Waals surface area contributed by atoms with Gasteiger partial charge in [-0.15, -0.1) is 0 Å². The van der Waals surface area contributed by atoms with Crippen molar-refractivity contribution in [1.29, 1.82) is 0 Å². The summed E-state index contributed by atoms with van der Waals surface area (Å²) in [6.45, 7) is 9.60. The molecule has 0 amide bonds. The lowest BCUT2D eigenvalue weighted by Crippen LogP contribution is -2.32. The Kier molecular flexibility index (Phi) is 5.97. The molecule has 0 atom stereocenters. The number of H-pyrrole nitrogens is 1. The second kappa shape index (κ2) is 7.82. The van der Waals surface area contributed by atoms with Crippen LogP contribution >= 0.6 is 12.2 Å². The summed E-state index contributed by atoms with van der Waals surface area (Å²) in [5.41, 5.74) is 0.339. The van der Waals surface area contributed by atoms with Gasteiger partial charge in [-0.3, -0.25) is 9.89 Å². The van der Waals surface area contributed by atoms with E-state index in [1.165, 1.54) is 0 Å². The zero-order chi connectivity index (χ0) is 19.5. The van der Waals surface area contributed by atoms with Crippen LogP contribution in [0.3, 0.4) is 0 Å². The molecule has 0 spiro atoms. The fourth-order valence-electron chi connectivity index (χ4n) is 2.23. The van der Waals surface area contributed by atoms with Gasteiger partial charge in [0.15, 0.2) is 11.5 Å². The Morgan fingerprint density at radius 3 is 2.58 bits per heavy atom. The van der Waals surface area contributed by atoms with Gasteiger partial charge in [-0.1, -0.05) is 20.8 Å². The minimum Gasteiger partial charge on any atom is -0.493 e. The molecule has 0 radical (unpaired) electrons. The van der Waals surface area contributed by atoms with Crippen molar-refractivity contribution in [2.24, 2.45) is 5.10 Å². The van der Waals surface area contributed by atoms with Gasteiger partial charge in [-0.25, -0.2) is 0 Å². The summed E-state index contributed by atoms with van der Waals surface area (Å²) in [6.07, 6.45) is 1.58. The van der Waals surface area contributed by atoms with Crippen molar-refractivity contribution in [1.82, 2.24) is 14.9 Å². The fourth-order valence-corrected chi connectivity index (χ4v) is 2.40. The Hall–Kier alpha value is -2.48. The highest BCUT2D eigenvalue weighted by molar-refractivity contribution is 7.71. The van der Waals surface area contributed by atoms with E-state index in [1.54, 1.807) is 25.5 Å². The fraction of sp³-hybridized carbons (Fsp3) is 0.444. The number of aromatic amines is 1. The summed E-state index contributed by atoms with van der Waals surface area (Å²) in [4.78, 5) is 12.6. The standard InChI is InChI=1S/C18H24N4O3S/c1-11(2)25-13-8-7-12(9-14(13)24-6)10-19-22-16(23)15(18(3,4)5)20-21-17(22)26/h7-11H,1-6H3,(H,21,26)/b19-10-. The first-order valence-electron chi connectivity index (χ1n) is 8.24. The Bertz CT molecular complexity index is 923. The van der Waals surface area contributed by atoms with E-state index >= 15 is 0 Å². The lowest BCUT2D eigenvalue weighted by molar-refractivity contribution is 0.230. The van der Waals surface area contributed by atoms with Crippen LogP contribution in [0.1, 0.15) is 45.9 Å². The largest absolute Gasteiger partial charge is 0.493 e. The predicted octanol–water partition coefficient (Wildman–Crippen LogP) is 3.28. The molecular formula is C18H24N4O3S. The maximum Gasteiger partial charge on any atom is 0.297 e. The molecule has 1 aromatic carbocycles. The van der Waals surface area contributed by atoms with Crippen molar-refractivity contribution in [2.75, 3.05) is 7.11 Å². The summed E-state index contributed by atoms with van der Waals surface area (Å²) in [7, 11) is 1.57. The van der Waals surface area contributed by atoms with Gasteiger partial charge in [0, 0.05) is 5.41 Å². The highest BCUT2D eigenvalue weighted by Crippen LogP contribution is 2.28. The summed E-state index contributed by atoms with van der Waals surface area (Å²) in [5, 5.41) is 11.0. The molecule has 26 heavy (non-hydrogen) atoms. The molecule has 0 saturated heterocycles. The molecule has 7 nitrogen and oxygen atoms in total. The molecule has 2 aromatic rings. The van der Waals surface area contributed by atoms with Crippen molar-refractivity contribution >= 4 is 18.4 Å². The van der Waals surface area contributed by atoms with Crippen LogP contribution in [0.15, 0.2) is 28.1 Å². The van der Waals surface area contributed by atoms with Gasteiger partial charge in [0.05, 0.1) is 19.4 Å². The number of ether oxygens (including phenoxy) is 2. The van der Waals surface area contributed by atoms with Crippen LogP contribution in [0.2, 0.25) is 0 Å². The molecule has 0 aliphatic carbocycles. The van der Waals surface area contributed by atoms with Gasteiger partial charge in [0.25, 0.3) is 5.56 Å². The average molecular weight is 376 g/mol. The molecule has 1 heterocycles. The minimum atomic E-state index is -0.424. The molecule has 8 heteroatoms. The van der Waals surface area contributed by atoms with E-state index in [0.717, 1.165) is 10.2 Å². The third-order valence-electron chi connectivity index (χ3n) is 3.43. The van der Waals surface area contributed by atoms with Crippen LogP contribution in [0.4, 0.5) is 0 Å². The molecule has 0 bridgehead atoms. The molecule has 0 aliphatic rings. The SMILES string of the molecule is COc1cc(/C=N\n2c(=S)[nH]nc(C(C)(C)C)c2=O)ccc1OC(C)C. The zero-order valence-corrected chi connectivity index (χ0v) is 16.7. The van der Waals surface area contributed by atoms with E-state index in [-0.39, 0.29) is 16.4 Å². The number of aromatic nitrogens is 3. The highest BCUT2D eigenvalue weighted by Gasteiger charge is 2.21. The van der Waals surface area contributed by atoms with Crippen molar-refractivity contribution in [2.45, 2.75) is 46.1 Å². The smallest absolute Gasteiger partial charge is 0.297 e. The number of hydrogen-bond acceptors (Lipinski definition) is 6. The number of nitrogens with zero attached hydrogens (tertiary/aromatic N) is 3. The van der Waals surface area contributed by atoms with E-state index in [0.29, 0.717) is 17.2 Å². The van der Waals surface area contributed by atoms with Crippen LogP contribution in [0.25, 0.3) is 0 Å². The van der Waals surface area contributed by atoms with Crippen molar-refractivity contribution in [3.05, 3.63) is 44.6 Å². The monoisotopic (exact) mass is 376 g/mol. The second-order valence-corrected chi connectivity index (χ2v) is 7.45. The van der Waals surface area contributed by atoms with E-state index < -0.39 is 5.41 Å². The number of methoxy groups -OCH3 is 1. The van der Waals surface area contributed by atoms with Crippen LogP contribution in [-0.2, 0) is 5.41 Å².